The Hall–Kier alpha value is -5.04. The van der Waals surface area contributed by atoms with Gasteiger partial charge in [-0.2, -0.15) is 0 Å². The van der Waals surface area contributed by atoms with E-state index >= 15 is 0 Å². The Morgan fingerprint density at radius 1 is 0.920 bits per heavy atom. The molecule has 3 aromatic rings. The first-order valence-electron chi connectivity index (χ1n) is 17.7. The van der Waals surface area contributed by atoms with Crippen molar-refractivity contribution >= 4 is 41.1 Å². The third kappa shape index (κ3) is 7.28. The minimum atomic E-state index is -0.651. The number of likely N-dealkylation sites (N-methyl/N-ethyl adjacent to an activating group) is 1. The monoisotopic (exact) mass is 679 g/mol. The molecular weight excluding hydrogens is 634 g/mol. The number of carbonyl (C=O) groups is 4. The summed E-state index contributed by atoms with van der Waals surface area (Å²) in [4.78, 5) is 66.1. The van der Waals surface area contributed by atoms with E-state index in [0.29, 0.717) is 36.9 Å². The molecule has 4 N–H and O–H groups in total. The second kappa shape index (κ2) is 14.4. The Labute approximate surface area is 292 Å². The van der Waals surface area contributed by atoms with Gasteiger partial charge in [0.05, 0.1) is 18.2 Å². The van der Waals surface area contributed by atoms with Crippen LogP contribution in [0.15, 0.2) is 54.7 Å². The highest BCUT2D eigenvalue weighted by Crippen LogP contribution is 2.32. The van der Waals surface area contributed by atoms with Gasteiger partial charge in [-0.15, -0.1) is 0 Å². The third-order valence-corrected chi connectivity index (χ3v) is 10.7. The molecular formula is C37H45N9O4. The quantitative estimate of drug-likeness (QED) is 0.288. The molecule has 262 valence electrons. The van der Waals surface area contributed by atoms with Crippen LogP contribution >= 0.6 is 0 Å². The van der Waals surface area contributed by atoms with Crippen molar-refractivity contribution in [3.05, 3.63) is 77.1 Å². The zero-order valence-corrected chi connectivity index (χ0v) is 28.5. The number of nitrogens with two attached hydrogens (primary N) is 1. The molecule has 0 radical (unpaired) electrons. The molecule has 13 heteroatoms. The lowest BCUT2D eigenvalue weighted by molar-refractivity contribution is -0.134. The number of aromatic nitrogens is 2. The minimum absolute atomic E-state index is 0.0685. The van der Waals surface area contributed by atoms with Crippen LogP contribution in [0.25, 0.3) is 0 Å². The fourth-order valence-corrected chi connectivity index (χ4v) is 7.75. The van der Waals surface area contributed by atoms with Gasteiger partial charge in [-0.25, -0.2) is 14.8 Å². The number of urea groups is 1. The van der Waals surface area contributed by atoms with Gasteiger partial charge in [0, 0.05) is 51.9 Å². The largest absolute Gasteiger partial charge is 0.364 e. The summed E-state index contributed by atoms with van der Waals surface area (Å²) in [6.07, 6.45) is 6.52. The Kier molecular flexibility index (Phi) is 9.66. The molecule has 5 amide bonds. The Balaban J connectivity index is 0.942. The summed E-state index contributed by atoms with van der Waals surface area (Å²) in [6.45, 7) is 5.76. The van der Waals surface area contributed by atoms with Gasteiger partial charge in [-0.05, 0) is 79.9 Å². The van der Waals surface area contributed by atoms with Crippen LogP contribution in [0.3, 0.4) is 0 Å². The zero-order chi connectivity index (χ0) is 34.8. The van der Waals surface area contributed by atoms with Crippen LogP contribution in [-0.4, -0.2) is 101 Å². The van der Waals surface area contributed by atoms with Gasteiger partial charge >= 0.3 is 6.03 Å². The number of anilines is 3. The average molecular weight is 680 g/mol. The molecule has 4 saturated heterocycles. The molecule has 0 spiro atoms. The molecule has 0 saturated carbocycles. The molecule has 7 rings (SSSR count). The summed E-state index contributed by atoms with van der Waals surface area (Å²) < 4.78 is 0. The molecule has 0 aliphatic carbocycles. The number of hydrogen-bond acceptors (Lipinski definition) is 9. The van der Waals surface area contributed by atoms with Crippen molar-refractivity contribution in [1.29, 1.82) is 0 Å². The van der Waals surface area contributed by atoms with E-state index in [2.05, 4.69) is 49.7 Å². The number of likely N-dealkylation sites (tertiary alicyclic amines) is 1. The maximum Gasteiger partial charge on any atom is 0.320 e. The lowest BCUT2D eigenvalue weighted by Gasteiger charge is -2.37. The Morgan fingerprint density at radius 3 is 2.34 bits per heavy atom. The van der Waals surface area contributed by atoms with Crippen molar-refractivity contribution in [2.75, 3.05) is 56.5 Å². The minimum Gasteiger partial charge on any atom is -0.364 e. The van der Waals surface area contributed by atoms with Crippen molar-refractivity contribution in [2.24, 2.45) is 5.73 Å². The molecule has 4 fully saturated rings. The van der Waals surface area contributed by atoms with E-state index in [1.807, 2.05) is 36.2 Å². The predicted molar refractivity (Wildman–Crippen MR) is 189 cm³/mol. The lowest BCUT2D eigenvalue weighted by atomic mass is 9.88. The lowest BCUT2D eigenvalue weighted by Crippen LogP contribution is -2.49. The number of amides is 5. The summed E-state index contributed by atoms with van der Waals surface area (Å²) in [6, 6.07) is 16.7. The first-order valence-corrected chi connectivity index (χ1v) is 17.7. The summed E-state index contributed by atoms with van der Waals surface area (Å²) in [5.74, 6) is 0.118. The number of benzene rings is 2. The maximum absolute atomic E-state index is 12.6. The van der Waals surface area contributed by atoms with Crippen LogP contribution in [0.5, 0.6) is 0 Å². The number of hydrogen-bond donors (Lipinski definition) is 3. The van der Waals surface area contributed by atoms with E-state index in [1.165, 1.54) is 11.1 Å². The molecule has 1 unspecified atom stereocenters. The van der Waals surface area contributed by atoms with Crippen molar-refractivity contribution in [2.45, 2.75) is 62.9 Å². The number of rotatable bonds is 9. The predicted octanol–water partition coefficient (Wildman–Crippen LogP) is 3.56. The van der Waals surface area contributed by atoms with Gasteiger partial charge in [-0.3, -0.25) is 24.6 Å². The van der Waals surface area contributed by atoms with E-state index in [9.17, 15) is 19.2 Å². The fourth-order valence-electron chi connectivity index (χ4n) is 7.75. The SMILES string of the molecule is CN1CCN([C@@H]2CCCN(c3cnc(C(N)=O)c(Nc4ccc(C5CCN(Cc6ccc(C7CCC(=O)NC7=O)cc6)CC5)cc4)n3)C2)C1=O. The van der Waals surface area contributed by atoms with Gasteiger partial charge in [0.25, 0.3) is 5.91 Å². The van der Waals surface area contributed by atoms with Crippen LogP contribution in [0.1, 0.15) is 77.5 Å². The number of nitrogens with one attached hydrogen (secondary N) is 2. The average Bonchev–Trinajstić information content (AvgIpc) is 3.46. The van der Waals surface area contributed by atoms with Gasteiger partial charge in [0.15, 0.2) is 11.5 Å². The molecule has 0 bridgehead atoms. The van der Waals surface area contributed by atoms with Gasteiger partial charge in [0.1, 0.15) is 5.82 Å². The number of imide groups is 1. The fraction of sp³-hybridized carbons (Fsp3) is 0.459. The van der Waals surface area contributed by atoms with E-state index < -0.39 is 5.91 Å². The van der Waals surface area contributed by atoms with Crippen LogP contribution in [-0.2, 0) is 16.1 Å². The van der Waals surface area contributed by atoms with E-state index in [4.69, 9.17) is 10.7 Å². The van der Waals surface area contributed by atoms with E-state index in [0.717, 1.165) is 76.2 Å². The molecule has 5 heterocycles. The topological polar surface area (TPSA) is 157 Å². The number of nitrogens with zero attached hydrogens (tertiary/aromatic N) is 6. The Bertz CT molecular complexity index is 1740. The second-order valence-corrected chi connectivity index (χ2v) is 14.0. The van der Waals surface area contributed by atoms with Gasteiger partial charge in [0.2, 0.25) is 11.8 Å². The Morgan fingerprint density at radius 2 is 1.66 bits per heavy atom. The first kappa shape index (κ1) is 33.5. The van der Waals surface area contributed by atoms with Crippen molar-refractivity contribution < 1.29 is 19.2 Å². The number of carbonyl (C=O) groups excluding carboxylic acids is 4. The zero-order valence-electron chi connectivity index (χ0n) is 28.5. The molecule has 4 aliphatic rings. The van der Waals surface area contributed by atoms with Crippen LogP contribution in [0, 0.1) is 0 Å². The molecule has 13 nitrogen and oxygen atoms in total. The third-order valence-electron chi connectivity index (χ3n) is 10.7. The molecule has 4 aliphatic heterocycles. The van der Waals surface area contributed by atoms with Crippen LogP contribution in [0.2, 0.25) is 0 Å². The van der Waals surface area contributed by atoms with Crippen LogP contribution in [0.4, 0.5) is 22.1 Å². The van der Waals surface area contributed by atoms with Gasteiger partial charge in [-0.1, -0.05) is 36.4 Å². The highest BCUT2D eigenvalue weighted by Gasteiger charge is 2.35. The summed E-state index contributed by atoms with van der Waals surface area (Å²) in [5.41, 5.74) is 10.0. The van der Waals surface area contributed by atoms with Crippen molar-refractivity contribution in [3.8, 4) is 0 Å². The molecule has 50 heavy (non-hydrogen) atoms. The van der Waals surface area contributed by atoms with E-state index in [-0.39, 0.29) is 35.5 Å². The standard InChI is InChI=1S/C37H45N9O4/c1-43-19-20-46(37(43)50)29-3-2-16-45(23-29)31-21-39-33(34(38)48)35(41-31)40-28-10-8-25(9-11-28)26-14-17-44(18-15-26)22-24-4-6-27(7-5-24)30-12-13-32(47)42-36(30)49/h4-11,21,26,29-30H,2-3,12-20,22-23H2,1H3,(H2,38,48)(H,40,41)(H,42,47,49)/t29-,30?/m1/s1. The normalized spacial score (nSPS) is 22.2. The highest BCUT2D eigenvalue weighted by molar-refractivity contribution is 6.01. The maximum atomic E-state index is 12.6. The first-order chi connectivity index (χ1) is 24.2. The second-order valence-electron chi connectivity index (χ2n) is 14.0. The van der Waals surface area contributed by atoms with Crippen LogP contribution < -0.4 is 21.3 Å². The summed E-state index contributed by atoms with van der Waals surface area (Å²) in [7, 11) is 1.83. The number of primary amides is 1. The highest BCUT2D eigenvalue weighted by atomic mass is 16.2. The summed E-state index contributed by atoms with van der Waals surface area (Å²) >= 11 is 0. The summed E-state index contributed by atoms with van der Waals surface area (Å²) in [5, 5.41) is 5.73. The smallest absolute Gasteiger partial charge is 0.320 e. The molecule has 2 atom stereocenters. The van der Waals surface area contributed by atoms with Crippen molar-refractivity contribution in [1.82, 2.24) is 30.0 Å². The van der Waals surface area contributed by atoms with Crippen molar-refractivity contribution in [3.63, 3.8) is 0 Å². The van der Waals surface area contributed by atoms with Gasteiger partial charge < -0.3 is 25.8 Å². The molecule has 2 aromatic carbocycles. The van der Waals surface area contributed by atoms with E-state index in [1.54, 1.807) is 11.1 Å². The molecule has 1 aromatic heterocycles. The number of piperidine rings is 3.